The number of methoxy groups -OCH3 is 1. The SMILES string of the molecule is COC1(O)CC[N+](C)(C)CC1.[I-]. The maximum absolute atomic E-state index is 9.68. The van der Waals surface area contributed by atoms with Gasteiger partial charge in [0.15, 0.2) is 5.79 Å². The summed E-state index contributed by atoms with van der Waals surface area (Å²) in [6.45, 7) is 1.98. The van der Waals surface area contributed by atoms with Gasteiger partial charge in [-0.15, -0.1) is 0 Å². The van der Waals surface area contributed by atoms with Gasteiger partial charge in [0, 0.05) is 7.11 Å². The number of likely N-dealkylation sites (tertiary alicyclic amines) is 1. The molecule has 1 fully saturated rings. The van der Waals surface area contributed by atoms with E-state index in [9.17, 15) is 5.11 Å². The Balaban J connectivity index is 0.00000121. The zero-order valence-electron chi connectivity index (χ0n) is 8.01. The van der Waals surface area contributed by atoms with E-state index in [1.54, 1.807) is 7.11 Å². The maximum Gasteiger partial charge on any atom is 0.175 e. The van der Waals surface area contributed by atoms with Gasteiger partial charge in [0.25, 0.3) is 0 Å². The predicted molar refractivity (Wildman–Crippen MR) is 43.0 cm³/mol. The number of nitrogens with zero attached hydrogens (tertiary/aromatic N) is 1. The van der Waals surface area contributed by atoms with Crippen molar-refractivity contribution in [2.24, 2.45) is 0 Å². The summed E-state index contributed by atoms with van der Waals surface area (Å²) in [5, 5.41) is 9.68. The molecule has 4 heteroatoms. The number of halogens is 1. The minimum absolute atomic E-state index is 0. The van der Waals surface area contributed by atoms with E-state index in [1.807, 2.05) is 0 Å². The fourth-order valence-electron chi connectivity index (χ4n) is 1.40. The highest BCUT2D eigenvalue weighted by molar-refractivity contribution is 4.70. The van der Waals surface area contributed by atoms with Crippen LogP contribution in [0.25, 0.3) is 0 Å². The molecule has 0 atom stereocenters. The van der Waals surface area contributed by atoms with Gasteiger partial charge in [0.1, 0.15) is 0 Å². The quantitative estimate of drug-likeness (QED) is 0.321. The molecule has 3 nitrogen and oxygen atoms in total. The molecule has 0 aliphatic carbocycles. The summed E-state index contributed by atoms with van der Waals surface area (Å²) >= 11 is 0. The highest BCUT2D eigenvalue weighted by atomic mass is 127. The molecule has 1 saturated heterocycles. The normalized spacial score (nSPS) is 26.0. The Kier molecular flexibility index (Phi) is 4.43. The fraction of sp³-hybridized carbons (Fsp3) is 1.00. The van der Waals surface area contributed by atoms with Crippen molar-refractivity contribution in [2.45, 2.75) is 18.6 Å². The molecule has 74 valence electrons. The minimum Gasteiger partial charge on any atom is -1.00 e. The molecule has 0 bridgehead atoms. The molecular weight excluding hydrogens is 269 g/mol. The van der Waals surface area contributed by atoms with E-state index in [4.69, 9.17) is 4.74 Å². The molecule has 1 heterocycles. The lowest BCUT2D eigenvalue weighted by Gasteiger charge is -2.40. The van der Waals surface area contributed by atoms with Gasteiger partial charge in [0.05, 0.1) is 40.0 Å². The van der Waals surface area contributed by atoms with Gasteiger partial charge in [-0.05, 0) is 0 Å². The average Bonchev–Trinajstić information content (AvgIpc) is 1.97. The topological polar surface area (TPSA) is 29.5 Å². The molecule has 0 saturated carbocycles. The van der Waals surface area contributed by atoms with Crippen molar-refractivity contribution >= 4 is 0 Å². The number of piperidine rings is 1. The van der Waals surface area contributed by atoms with Gasteiger partial charge in [-0.3, -0.25) is 0 Å². The molecule has 0 amide bonds. The lowest BCUT2D eigenvalue weighted by molar-refractivity contribution is -0.899. The largest absolute Gasteiger partial charge is 1.00 e. The first-order valence-corrected chi connectivity index (χ1v) is 4.07. The van der Waals surface area contributed by atoms with Crippen LogP contribution in [0, 0.1) is 0 Å². The van der Waals surface area contributed by atoms with E-state index in [1.165, 1.54) is 0 Å². The van der Waals surface area contributed by atoms with E-state index in [0.29, 0.717) is 0 Å². The number of rotatable bonds is 1. The summed E-state index contributed by atoms with van der Waals surface area (Å²) in [6.07, 6.45) is 1.49. The van der Waals surface area contributed by atoms with Crippen molar-refractivity contribution in [1.82, 2.24) is 0 Å². The van der Waals surface area contributed by atoms with Gasteiger partial charge in [0.2, 0.25) is 0 Å². The molecule has 0 aromatic carbocycles. The first-order chi connectivity index (χ1) is 4.97. The fourth-order valence-corrected chi connectivity index (χ4v) is 1.40. The van der Waals surface area contributed by atoms with Crippen LogP contribution < -0.4 is 24.0 Å². The Morgan fingerprint density at radius 3 is 2.00 bits per heavy atom. The second kappa shape index (κ2) is 4.21. The van der Waals surface area contributed by atoms with Crippen molar-refractivity contribution in [1.29, 1.82) is 0 Å². The van der Waals surface area contributed by atoms with Crippen LogP contribution in [0.5, 0.6) is 0 Å². The second-order valence-corrected chi connectivity index (χ2v) is 4.03. The van der Waals surface area contributed by atoms with Gasteiger partial charge in [-0.25, -0.2) is 0 Å². The summed E-state index contributed by atoms with van der Waals surface area (Å²) in [6, 6.07) is 0. The van der Waals surface area contributed by atoms with Crippen LogP contribution in [0.1, 0.15) is 12.8 Å². The summed E-state index contributed by atoms with van der Waals surface area (Å²) in [5.41, 5.74) is 0. The minimum atomic E-state index is -0.840. The number of hydrogen-bond donors (Lipinski definition) is 1. The van der Waals surface area contributed by atoms with Gasteiger partial charge in [-0.2, -0.15) is 0 Å². The number of ether oxygens (including phenoxy) is 1. The van der Waals surface area contributed by atoms with E-state index in [0.717, 1.165) is 30.4 Å². The third-order valence-electron chi connectivity index (χ3n) is 2.60. The standard InChI is InChI=1S/C8H18NO2.HI/c1-9(2)6-4-8(10,11-3)5-7-9;/h10H,4-7H2,1-3H3;1H/q+1;/p-1. The van der Waals surface area contributed by atoms with E-state index < -0.39 is 5.79 Å². The van der Waals surface area contributed by atoms with Crippen LogP contribution in [0.2, 0.25) is 0 Å². The molecule has 0 unspecified atom stereocenters. The molecule has 0 aromatic heterocycles. The molecule has 1 rings (SSSR count). The molecule has 1 aliphatic rings. The Labute approximate surface area is 91.3 Å². The van der Waals surface area contributed by atoms with E-state index in [2.05, 4.69) is 14.1 Å². The van der Waals surface area contributed by atoms with Gasteiger partial charge < -0.3 is 38.3 Å². The van der Waals surface area contributed by atoms with Crippen LogP contribution >= 0.6 is 0 Å². The van der Waals surface area contributed by atoms with Crippen LogP contribution in [-0.2, 0) is 4.74 Å². The number of hydrogen-bond acceptors (Lipinski definition) is 2. The van der Waals surface area contributed by atoms with Crippen LogP contribution in [-0.4, -0.2) is 49.7 Å². The van der Waals surface area contributed by atoms with Crippen molar-refractivity contribution in [3.05, 3.63) is 0 Å². The first kappa shape index (κ1) is 12.6. The molecular formula is C8H18INO2. The molecule has 0 aromatic rings. The van der Waals surface area contributed by atoms with Crippen LogP contribution in [0.15, 0.2) is 0 Å². The highest BCUT2D eigenvalue weighted by Gasteiger charge is 2.36. The van der Waals surface area contributed by atoms with Gasteiger partial charge >= 0.3 is 0 Å². The third kappa shape index (κ3) is 3.16. The lowest BCUT2D eigenvalue weighted by atomic mass is 10.0. The van der Waals surface area contributed by atoms with Crippen molar-refractivity contribution in [3.63, 3.8) is 0 Å². The Morgan fingerprint density at radius 2 is 1.67 bits per heavy atom. The van der Waals surface area contributed by atoms with Crippen LogP contribution in [0.3, 0.4) is 0 Å². The maximum atomic E-state index is 9.68. The van der Waals surface area contributed by atoms with Gasteiger partial charge in [-0.1, -0.05) is 0 Å². The summed E-state index contributed by atoms with van der Waals surface area (Å²) < 4.78 is 6.01. The Bertz CT molecular complexity index is 140. The third-order valence-corrected chi connectivity index (χ3v) is 2.60. The van der Waals surface area contributed by atoms with Crippen LogP contribution in [0.4, 0.5) is 0 Å². The average molecular weight is 287 g/mol. The number of aliphatic hydroxyl groups is 1. The molecule has 1 aliphatic heterocycles. The smallest absolute Gasteiger partial charge is 0.175 e. The molecule has 0 spiro atoms. The van der Waals surface area contributed by atoms with Crippen molar-refractivity contribution in [2.75, 3.05) is 34.3 Å². The second-order valence-electron chi connectivity index (χ2n) is 4.03. The zero-order chi connectivity index (χ0) is 8.54. The highest BCUT2D eigenvalue weighted by Crippen LogP contribution is 2.24. The zero-order valence-corrected chi connectivity index (χ0v) is 10.2. The summed E-state index contributed by atoms with van der Waals surface area (Å²) in [4.78, 5) is 0. The molecule has 12 heavy (non-hydrogen) atoms. The lowest BCUT2D eigenvalue weighted by Crippen LogP contribution is -3.00. The molecule has 1 N–H and O–H groups in total. The van der Waals surface area contributed by atoms with Crippen molar-refractivity contribution in [3.8, 4) is 0 Å². The van der Waals surface area contributed by atoms with E-state index in [-0.39, 0.29) is 24.0 Å². The Hall–Kier alpha value is 0.610. The first-order valence-electron chi connectivity index (χ1n) is 4.07. The van der Waals surface area contributed by atoms with Crippen molar-refractivity contribution < 1.29 is 38.3 Å². The number of quaternary nitrogens is 1. The predicted octanol–water partition coefficient (Wildman–Crippen LogP) is -2.80. The molecule has 0 radical (unpaired) electrons. The van der Waals surface area contributed by atoms with E-state index >= 15 is 0 Å². The summed E-state index contributed by atoms with van der Waals surface area (Å²) in [7, 11) is 5.93. The monoisotopic (exact) mass is 287 g/mol. The Morgan fingerprint density at radius 1 is 1.25 bits per heavy atom. The summed E-state index contributed by atoms with van der Waals surface area (Å²) in [5.74, 6) is -0.840.